The molecule has 0 unspecified atom stereocenters. The van der Waals surface area contributed by atoms with E-state index in [9.17, 15) is 13.2 Å². The predicted molar refractivity (Wildman–Crippen MR) is 101 cm³/mol. The number of hydrogen-bond donors (Lipinski definition) is 0. The molecule has 8 heteroatoms. The number of sulfone groups is 1. The Morgan fingerprint density at radius 2 is 1.74 bits per heavy atom. The van der Waals surface area contributed by atoms with Crippen molar-refractivity contribution >= 4 is 15.7 Å². The fourth-order valence-electron chi connectivity index (χ4n) is 3.96. The van der Waals surface area contributed by atoms with Gasteiger partial charge in [-0.2, -0.15) is 0 Å². The Morgan fingerprint density at radius 1 is 1.07 bits per heavy atom. The summed E-state index contributed by atoms with van der Waals surface area (Å²) in [6.07, 6.45) is 3.03. The van der Waals surface area contributed by atoms with Gasteiger partial charge >= 0.3 is 0 Å². The Kier molecular flexibility index (Phi) is 4.69. The van der Waals surface area contributed by atoms with Crippen LogP contribution in [0.15, 0.2) is 42.7 Å². The van der Waals surface area contributed by atoms with E-state index < -0.39 is 9.84 Å². The highest BCUT2D eigenvalue weighted by atomic mass is 32.2. The molecule has 0 bridgehead atoms. The maximum Gasteiger partial charge on any atom is 0.257 e. The molecule has 3 heterocycles. The molecule has 0 saturated carbocycles. The largest absolute Gasteiger partial charge is 0.332 e. The van der Waals surface area contributed by atoms with Gasteiger partial charge in [-0.15, -0.1) is 0 Å². The van der Waals surface area contributed by atoms with Gasteiger partial charge in [0.05, 0.1) is 23.1 Å². The van der Waals surface area contributed by atoms with E-state index in [1.165, 1.54) is 12.4 Å². The Bertz CT molecular complexity index is 931. The van der Waals surface area contributed by atoms with Gasteiger partial charge < -0.3 is 4.90 Å². The number of piperazine rings is 1. The lowest BCUT2D eigenvalue weighted by molar-refractivity contribution is 0.0305. The third-order valence-corrected chi connectivity index (χ3v) is 7.01. The molecule has 7 nitrogen and oxygen atoms in total. The van der Waals surface area contributed by atoms with Crippen LogP contribution in [0.4, 0.5) is 0 Å². The number of hydrogen-bond acceptors (Lipinski definition) is 6. The summed E-state index contributed by atoms with van der Waals surface area (Å²) in [6, 6.07) is 9.50. The molecule has 0 spiro atoms. The molecule has 2 fully saturated rings. The van der Waals surface area contributed by atoms with Crippen LogP contribution in [0, 0.1) is 6.92 Å². The Balaban J connectivity index is 1.58. The Labute approximate surface area is 159 Å². The molecule has 142 valence electrons. The Hall–Kier alpha value is -2.32. The first kappa shape index (κ1) is 18.1. The van der Waals surface area contributed by atoms with Crippen LogP contribution in [-0.4, -0.2) is 70.8 Å². The van der Waals surface area contributed by atoms with Crippen LogP contribution >= 0.6 is 0 Å². The van der Waals surface area contributed by atoms with E-state index in [-0.39, 0.29) is 29.5 Å². The molecular formula is C19H22N4O3S. The van der Waals surface area contributed by atoms with Crippen LogP contribution < -0.4 is 0 Å². The first-order chi connectivity index (χ1) is 12.9. The van der Waals surface area contributed by atoms with E-state index in [1.807, 2.05) is 30.3 Å². The molecule has 1 aromatic carbocycles. The highest BCUT2D eigenvalue weighted by molar-refractivity contribution is 7.91. The number of fused-ring (bicyclic) bond motifs is 1. The van der Waals surface area contributed by atoms with Crippen molar-refractivity contribution in [2.45, 2.75) is 25.6 Å². The number of rotatable bonds is 3. The maximum atomic E-state index is 13.0. The van der Waals surface area contributed by atoms with Crippen molar-refractivity contribution in [3.05, 3.63) is 59.7 Å². The van der Waals surface area contributed by atoms with Crippen molar-refractivity contribution in [2.24, 2.45) is 0 Å². The van der Waals surface area contributed by atoms with Gasteiger partial charge in [0.15, 0.2) is 9.84 Å². The molecule has 1 amide bonds. The molecule has 2 aliphatic rings. The van der Waals surface area contributed by atoms with Crippen molar-refractivity contribution in [1.29, 1.82) is 0 Å². The average Bonchev–Trinajstić information content (AvgIpc) is 2.98. The monoisotopic (exact) mass is 386 g/mol. The summed E-state index contributed by atoms with van der Waals surface area (Å²) in [6.45, 7) is 3.59. The summed E-state index contributed by atoms with van der Waals surface area (Å²) in [5.74, 6) is 0.516. The van der Waals surface area contributed by atoms with Crippen molar-refractivity contribution in [3.8, 4) is 0 Å². The second-order valence-electron chi connectivity index (χ2n) is 7.19. The van der Waals surface area contributed by atoms with Gasteiger partial charge in [-0.3, -0.25) is 9.69 Å². The van der Waals surface area contributed by atoms with E-state index in [2.05, 4.69) is 14.9 Å². The molecule has 0 radical (unpaired) electrons. The quantitative estimate of drug-likeness (QED) is 0.780. The highest BCUT2D eigenvalue weighted by Crippen LogP contribution is 2.29. The minimum Gasteiger partial charge on any atom is -0.332 e. The molecule has 2 atom stereocenters. The van der Waals surface area contributed by atoms with Crippen molar-refractivity contribution < 1.29 is 13.2 Å². The van der Waals surface area contributed by atoms with Crippen molar-refractivity contribution in [2.75, 3.05) is 24.6 Å². The fourth-order valence-corrected chi connectivity index (χ4v) is 5.97. The van der Waals surface area contributed by atoms with E-state index >= 15 is 0 Å². The fraction of sp³-hybridized carbons (Fsp3) is 0.421. The molecule has 0 aliphatic carbocycles. The van der Waals surface area contributed by atoms with Gasteiger partial charge in [0.1, 0.15) is 5.82 Å². The second-order valence-corrected chi connectivity index (χ2v) is 9.34. The lowest BCUT2D eigenvalue weighted by Gasteiger charge is -2.44. The molecule has 2 aromatic rings. The smallest absolute Gasteiger partial charge is 0.257 e. The van der Waals surface area contributed by atoms with E-state index in [0.717, 1.165) is 5.56 Å². The standard InChI is InChI=1S/C19H22N4O3S/c1-14-20-9-16(10-21-14)19(24)23-8-7-22(11-15-5-3-2-4-6-15)17-12-27(25,26)13-18(17)23/h2-6,9-10,17-18H,7-8,11-13H2,1H3/t17-,18+/m1/s1. The van der Waals surface area contributed by atoms with Gasteiger partial charge in [0.2, 0.25) is 0 Å². The topological polar surface area (TPSA) is 83.5 Å². The minimum absolute atomic E-state index is 0.0153. The summed E-state index contributed by atoms with van der Waals surface area (Å²) in [5.41, 5.74) is 1.55. The summed E-state index contributed by atoms with van der Waals surface area (Å²) in [7, 11) is -3.18. The molecule has 2 saturated heterocycles. The number of aromatic nitrogens is 2. The van der Waals surface area contributed by atoms with Gasteiger partial charge in [0, 0.05) is 38.1 Å². The zero-order valence-corrected chi connectivity index (χ0v) is 16.0. The number of carbonyl (C=O) groups is 1. The maximum absolute atomic E-state index is 13.0. The van der Waals surface area contributed by atoms with Crippen LogP contribution in [0.2, 0.25) is 0 Å². The van der Waals surface area contributed by atoms with Gasteiger partial charge in [-0.1, -0.05) is 30.3 Å². The van der Waals surface area contributed by atoms with Gasteiger partial charge in [-0.05, 0) is 12.5 Å². The Morgan fingerprint density at radius 3 is 2.44 bits per heavy atom. The van der Waals surface area contributed by atoms with Crippen LogP contribution in [0.1, 0.15) is 21.7 Å². The zero-order valence-electron chi connectivity index (χ0n) is 15.2. The molecule has 0 N–H and O–H groups in total. The second kappa shape index (κ2) is 7.01. The molecular weight excluding hydrogens is 364 g/mol. The summed E-state index contributed by atoms with van der Waals surface area (Å²) < 4.78 is 24.7. The summed E-state index contributed by atoms with van der Waals surface area (Å²) in [4.78, 5) is 25.0. The number of carbonyl (C=O) groups excluding carboxylic acids is 1. The van der Waals surface area contributed by atoms with Gasteiger partial charge in [-0.25, -0.2) is 18.4 Å². The van der Waals surface area contributed by atoms with Crippen LogP contribution in [0.3, 0.4) is 0 Å². The summed E-state index contributed by atoms with van der Waals surface area (Å²) in [5, 5.41) is 0. The third-order valence-electron chi connectivity index (χ3n) is 5.31. The first-order valence-corrected chi connectivity index (χ1v) is 10.8. The van der Waals surface area contributed by atoms with Crippen LogP contribution in [-0.2, 0) is 16.4 Å². The normalized spacial score (nSPS) is 24.6. The number of aryl methyl sites for hydroxylation is 1. The molecule has 4 rings (SSSR count). The number of nitrogens with zero attached hydrogens (tertiary/aromatic N) is 4. The number of amides is 1. The average molecular weight is 386 g/mol. The minimum atomic E-state index is -3.18. The van der Waals surface area contributed by atoms with Crippen LogP contribution in [0.5, 0.6) is 0 Å². The number of benzene rings is 1. The van der Waals surface area contributed by atoms with Crippen LogP contribution in [0.25, 0.3) is 0 Å². The SMILES string of the molecule is Cc1ncc(C(=O)N2CCN(Cc3ccccc3)[C@@H]3CS(=O)(=O)C[C@@H]32)cn1. The molecule has 27 heavy (non-hydrogen) atoms. The summed E-state index contributed by atoms with van der Waals surface area (Å²) >= 11 is 0. The van der Waals surface area contributed by atoms with E-state index in [4.69, 9.17) is 0 Å². The van der Waals surface area contributed by atoms with Crippen molar-refractivity contribution in [3.63, 3.8) is 0 Å². The third kappa shape index (κ3) is 3.72. The molecule has 2 aliphatic heterocycles. The lowest BCUT2D eigenvalue weighted by Crippen LogP contribution is -2.60. The highest BCUT2D eigenvalue weighted by Gasteiger charge is 2.48. The predicted octanol–water partition coefficient (Wildman–Crippen LogP) is 0.909. The lowest BCUT2D eigenvalue weighted by atomic mass is 10.0. The van der Waals surface area contributed by atoms with E-state index in [0.29, 0.717) is 31.0 Å². The molecule has 1 aromatic heterocycles. The van der Waals surface area contributed by atoms with E-state index in [1.54, 1.807) is 11.8 Å². The first-order valence-electron chi connectivity index (χ1n) is 9.01. The zero-order chi connectivity index (χ0) is 19.0. The van der Waals surface area contributed by atoms with Gasteiger partial charge in [0.25, 0.3) is 5.91 Å². The van der Waals surface area contributed by atoms with Crippen molar-refractivity contribution in [1.82, 2.24) is 19.8 Å².